The maximum absolute atomic E-state index is 11.8. The number of anilines is 1. The molecule has 4 N–H and O–H groups in total. The monoisotopic (exact) mass is 645 g/mol. The van der Waals surface area contributed by atoms with Gasteiger partial charge in [-0.1, -0.05) is 58.0 Å². The molecule has 48 heavy (non-hydrogen) atoms. The third-order valence-electron chi connectivity index (χ3n) is 14.8. The summed E-state index contributed by atoms with van der Waals surface area (Å²) in [6.45, 7) is 10.5. The van der Waals surface area contributed by atoms with Crippen molar-refractivity contribution >= 4 is 11.7 Å². The van der Waals surface area contributed by atoms with Gasteiger partial charge >= 0.3 is 5.97 Å². The molecule has 11 rings (SSSR count). The molecule has 8 aliphatic rings. The van der Waals surface area contributed by atoms with Crippen LogP contribution in [0.4, 0.5) is 5.69 Å². The van der Waals surface area contributed by atoms with Crippen LogP contribution in [-0.2, 0) is 10.8 Å². The summed E-state index contributed by atoms with van der Waals surface area (Å²) in [5.74, 6) is 0.272. The Balaban J connectivity index is 1.12. The Kier molecular flexibility index (Phi) is 5.86. The molecule has 0 heterocycles. The lowest BCUT2D eigenvalue weighted by Gasteiger charge is -2.80. The van der Waals surface area contributed by atoms with Gasteiger partial charge in [-0.3, -0.25) is 0 Å². The fraction of sp³-hybridized carbons (Fsp3) is 0.558. The molecule has 8 saturated carbocycles. The normalized spacial score (nSPS) is 43.4. The molecule has 252 valence electrons. The molecule has 8 aliphatic carbocycles. The number of para-hydroxylation sites is 1. The van der Waals surface area contributed by atoms with E-state index in [-0.39, 0.29) is 33.0 Å². The summed E-state index contributed by atoms with van der Waals surface area (Å²) in [4.78, 5) is 11.8. The highest BCUT2D eigenvalue weighted by Crippen LogP contribution is 2.85. The minimum absolute atomic E-state index is 0.101. The highest BCUT2D eigenvalue weighted by Gasteiger charge is 2.76. The zero-order valence-corrected chi connectivity index (χ0v) is 29.1. The number of carboxylic acids is 1. The van der Waals surface area contributed by atoms with Crippen LogP contribution in [-0.4, -0.2) is 16.2 Å². The van der Waals surface area contributed by atoms with Gasteiger partial charge in [0.1, 0.15) is 22.8 Å². The van der Waals surface area contributed by atoms with Gasteiger partial charge in [0.05, 0.1) is 5.69 Å². The Morgan fingerprint density at radius 1 is 0.625 bits per heavy atom. The summed E-state index contributed by atoms with van der Waals surface area (Å²) in [7, 11) is 0. The number of nitrogens with two attached hydrogens (primary N) is 1. The molecule has 4 unspecified atom stereocenters. The SMILES string of the molecule is CC12CC3(C)CC(c4ccc(Oc5ccccc5C(=O)O)cc4)(C1)CC(C14CC5(C)CC(C)(CC(c6ccc(O)c(N)c6)(C5)C1)C4)(C2)C3. The van der Waals surface area contributed by atoms with Crippen molar-refractivity contribution in [3.8, 4) is 17.2 Å². The van der Waals surface area contributed by atoms with E-state index in [0.29, 0.717) is 38.8 Å². The average molecular weight is 646 g/mol. The number of aromatic carboxylic acids is 1. The maximum Gasteiger partial charge on any atom is 0.339 e. The van der Waals surface area contributed by atoms with Gasteiger partial charge in [0.15, 0.2) is 0 Å². The van der Waals surface area contributed by atoms with E-state index in [1.165, 1.54) is 88.2 Å². The molecule has 8 bridgehead atoms. The topological polar surface area (TPSA) is 92.8 Å². The lowest BCUT2D eigenvalue weighted by molar-refractivity contribution is -0.275. The van der Waals surface area contributed by atoms with E-state index in [0.717, 1.165) is 0 Å². The van der Waals surface area contributed by atoms with Crippen molar-refractivity contribution in [2.45, 2.75) is 116 Å². The summed E-state index contributed by atoms with van der Waals surface area (Å²) in [6.07, 6.45) is 15.4. The van der Waals surface area contributed by atoms with Gasteiger partial charge in [0.25, 0.3) is 0 Å². The second-order valence-corrected chi connectivity index (χ2v) is 19.7. The van der Waals surface area contributed by atoms with Gasteiger partial charge in [-0.2, -0.15) is 0 Å². The first-order valence-corrected chi connectivity index (χ1v) is 18.2. The van der Waals surface area contributed by atoms with Crippen molar-refractivity contribution in [1.82, 2.24) is 0 Å². The number of hydrogen-bond acceptors (Lipinski definition) is 4. The van der Waals surface area contributed by atoms with E-state index < -0.39 is 5.97 Å². The van der Waals surface area contributed by atoms with Crippen LogP contribution in [0.5, 0.6) is 17.2 Å². The van der Waals surface area contributed by atoms with E-state index in [1.807, 2.05) is 12.1 Å². The van der Waals surface area contributed by atoms with Crippen LogP contribution in [0.25, 0.3) is 0 Å². The van der Waals surface area contributed by atoms with E-state index in [9.17, 15) is 15.0 Å². The van der Waals surface area contributed by atoms with Crippen LogP contribution in [0.1, 0.15) is 126 Å². The van der Waals surface area contributed by atoms with Crippen molar-refractivity contribution in [2.24, 2.45) is 32.5 Å². The first-order valence-electron chi connectivity index (χ1n) is 18.2. The summed E-state index contributed by atoms with van der Waals surface area (Å²) in [5.41, 5.74) is 11.9. The second-order valence-electron chi connectivity index (χ2n) is 19.7. The molecule has 0 saturated heterocycles. The first-order chi connectivity index (χ1) is 22.5. The number of hydrogen-bond donors (Lipinski definition) is 3. The standard InChI is InChI=1S/C43H51NO4/c1-36-16-37(2)19-40(18-36,28-9-12-30(13-10-28)48-34-8-6-5-7-31(34)35(46)47)26-42(22-36,23-37)43-24-38(3)17-39(4,25-43)21-41(20-38,27-43)29-11-14-33(45)32(44)15-29/h5-15,45H,16-27,44H2,1-4H3,(H,46,47). The number of carboxylic acid groups (broad SMARTS) is 1. The van der Waals surface area contributed by atoms with Crippen LogP contribution < -0.4 is 10.5 Å². The summed E-state index contributed by atoms with van der Waals surface area (Å²) in [5, 5.41) is 20.1. The lowest BCUT2D eigenvalue weighted by atomic mass is 9.24. The molecular formula is C43H51NO4. The zero-order valence-electron chi connectivity index (χ0n) is 29.1. The molecule has 0 aliphatic heterocycles. The average Bonchev–Trinajstić information content (AvgIpc) is 2.95. The first kappa shape index (κ1) is 30.6. The lowest BCUT2D eigenvalue weighted by Crippen LogP contribution is -2.71. The summed E-state index contributed by atoms with van der Waals surface area (Å²) in [6, 6.07) is 21.8. The number of phenols is 1. The summed E-state index contributed by atoms with van der Waals surface area (Å²) >= 11 is 0. The molecule has 0 radical (unpaired) electrons. The minimum atomic E-state index is -0.981. The van der Waals surface area contributed by atoms with Crippen LogP contribution in [0, 0.1) is 32.5 Å². The predicted octanol–water partition coefficient (Wildman–Crippen LogP) is 10.4. The summed E-state index contributed by atoms with van der Waals surface area (Å²) < 4.78 is 6.15. The second kappa shape index (κ2) is 9.20. The number of nitrogen functional groups attached to an aromatic ring is 1. The minimum Gasteiger partial charge on any atom is -0.506 e. The fourth-order valence-corrected chi connectivity index (χ4v) is 15.7. The van der Waals surface area contributed by atoms with Gasteiger partial charge < -0.3 is 20.7 Å². The molecule has 4 atom stereocenters. The third-order valence-corrected chi connectivity index (χ3v) is 14.8. The molecule has 3 aromatic rings. The zero-order chi connectivity index (χ0) is 33.6. The number of phenolic OH excluding ortho intramolecular Hbond substituents is 1. The molecule has 0 aromatic heterocycles. The van der Waals surface area contributed by atoms with E-state index in [1.54, 1.807) is 18.2 Å². The molecule has 0 amide bonds. The van der Waals surface area contributed by atoms with Crippen molar-refractivity contribution in [1.29, 1.82) is 0 Å². The Morgan fingerprint density at radius 2 is 1.10 bits per heavy atom. The van der Waals surface area contributed by atoms with E-state index >= 15 is 0 Å². The van der Waals surface area contributed by atoms with Gasteiger partial charge in [0, 0.05) is 0 Å². The number of benzene rings is 3. The molecule has 5 heteroatoms. The van der Waals surface area contributed by atoms with Gasteiger partial charge in [0.2, 0.25) is 0 Å². The Hall–Kier alpha value is -3.47. The maximum atomic E-state index is 11.8. The van der Waals surface area contributed by atoms with E-state index in [4.69, 9.17) is 10.5 Å². The molecule has 3 aromatic carbocycles. The van der Waals surface area contributed by atoms with Gasteiger partial charge in [-0.25, -0.2) is 4.79 Å². The molecule has 5 nitrogen and oxygen atoms in total. The number of rotatable bonds is 6. The fourth-order valence-electron chi connectivity index (χ4n) is 15.7. The Morgan fingerprint density at radius 3 is 1.60 bits per heavy atom. The highest BCUT2D eigenvalue weighted by atomic mass is 16.5. The number of aromatic hydroxyl groups is 1. The number of carbonyl (C=O) groups is 1. The van der Waals surface area contributed by atoms with Crippen LogP contribution in [0.15, 0.2) is 66.7 Å². The highest BCUT2D eigenvalue weighted by molar-refractivity contribution is 5.90. The van der Waals surface area contributed by atoms with Crippen LogP contribution in [0.2, 0.25) is 0 Å². The van der Waals surface area contributed by atoms with Crippen molar-refractivity contribution in [3.05, 3.63) is 83.4 Å². The smallest absolute Gasteiger partial charge is 0.339 e. The Labute approximate surface area is 285 Å². The van der Waals surface area contributed by atoms with Crippen molar-refractivity contribution in [3.63, 3.8) is 0 Å². The van der Waals surface area contributed by atoms with Crippen LogP contribution in [0.3, 0.4) is 0 Å². The molecule has 8 fully saturated rings. The quantitative estimate of drug-likeness (QED) is 0.183. The Bertz CT molecular complexity index is 1820. The van der Waals surface area contributed by atoms with E-state index in [2.05, 4.69) is 64.1 Å². The molecule has 0 spiro atoms. The van der Waals surface area contributed by atoms with Gasteiger partial charge in [-0.05, 0) is 168 Å². The van der Waals surface area contributed by atoms with Gasteiger partial charge in [-0.15, -0.1) is 0 Å². The third kappa shape index (κ3) is 4.24. The number of ether oxygens (including phenoxy) is 1. The van der Waals surface area contributed by atoms with Crippen molar-refractivity contribution in [2.75, 3.05) is 5.73 Å². The van der Waals surface area contributed by atoms with Crippen molar-refractivity contribution < 1.29 is 19.7 Å². The van der Waals surface area contributed by atoms with Crippen LogP contribution >= 0.6 is 0 Å². The predicted molar refractivity (Wildman–Crippen MR) is 188 cm³/mol. The molecular weight excluding hydrogens is 594 g/mol. The largest absolute Gasteiger partial charge is 0.506 e.